The number of rotatable bonds is 2. The van der Waals surface area contributed by atoms with Crippen LogP contribution in [0.2, 0.25) is 0 Å². The van der Waals surface area contributed by atoms with Crippen LogP contribution in [0.4, 0.5) is 4.79 Å². The molecule has 2 aromatic rings. The van der Waals surface area contributed by atoms with Crippen molar-refractivity contribution in [3.05, 3.63) is 34.5 Å². The van der Waals surface area contributed by atoms with Gasteiger partial charge < -0.3 is 19.4 Å². The molecule has 2 bridgehead atoms. The quantitative estimate of drug-likeness (QED) is 0.756. The van der Waals surface area contributed by atoms with Crippen LogP contribution in [0.3, 0.4) is 0 Å². The Labute approximate surface area is 166 Å². The molecule has 1 aromatic carbocycles. The minimum atomic E-state index is -0.523. The van der Waals surface area contributed by atoms with E-state index in [2.05, 4.69) is 21.2 Å². The van der Waals surface area contributed by atoms with Gasteiger partial charge in [-0.3, -0.25) is 4.79 Å². The first-order valence-electron chi connectivity index (χ1n) is 9.22. The number of nitrogens with zero attached hydrogens (tertiary/aromatic N) is 1. The van der Waals surface area contributed by atoms with E-state index in [4.69, 9.17) is 9.15 Å². The van der Waals surface area contributed by atoms with Crippen LogP contribution >= 0.6 is 15.9 Å². The standard InChI is InChI=1S/C20H23BrN2O4/c1-20(2,3)27-19(25)23-12-5-6-16(23)15(9-12)22-18(24)11-4-7-17-13(8-11)14(21)10-26-17/h4,7-8,10,12,15-16H,5-6,9H2,1-3H3,(H,22,24)/t12-,15-,16+/m1/s1. The summed E-state index contributed by atoms with van der Waals surface area (Å²) in [7, 11) is 0. The Morgan fingerprint density at radius 1 is 1.30 bits per heavy atom. The van der Waals surface area contributed by atoms with Crippen LogP contribution in [0.25, 0.3) is 11.0 Å². The molecule has 2 saturated heterocycles. The van der Waals surface area contributed by atoms with Crippen LogP contribution in [0.15, 0.2) is 33.4 Å². The molecule has 2 aliphatic rings. The van der Waals surface area contributed by atoms with Crippen LogP contribution in [-0.4, -0.2) is 40.6 Å². The number of carbonyl (C=O) groups is 2. The van der Waals surface area contributed by atoms with Gasteiger partial charge in [-0.25, -0.2) is 4.79 Å². The average molecular weight is 435 g/mol. The molecule has 2 amide bonds. The fourth-order valence-electron chi connectivity index (χ4n) is 4.13. The maximum atomic E-state index is 12.8. The van der Waals surface area contributed by atoms with Crippen molar-refractivity contribution < 1.29 is 18.7 Å². The Morgan fingerprint density at radius 3 is 2.81 bits per heavy atom. The number of halogens is 1. The van der Waals surface area contributed by atoms with Crippen molar-refractivity contribution in [3.8, 4) is 0 Å². The zero-order chi connectivity index (χ0) is 19.3. The van der Waals surface area contributed by atoms with Crippen molar-refractivity contribution >= 4 is 38.9 Å². The highest BCUT2D eigenvalue weighted by Crippen LogP contribution is 2.39. The summed E-state index contributed by atoms with van der Waals surface area (Å²) in [5.74, 6) is -0.133. The number of nitrogens with one attached hydrogen (secondary N) is 1. The number of hydrogen-bond acceptors (Lipinski definition) is 4. The number of benzene rings is 1. The predicted molar refractivity (Wildman–Crippen MR) is 105 cm³/mol. The molecule has 1 N–H and O–H groups in total. The molecule has 3 heterocycles. The molecule has 0 spiro atoms. The number of furan rings is 1. The molecular weight excluding hydrogens is 412 g/mol. The van der Waals surface area contributed by atoms with E-state index in [9.17, 15) is 9.59 Å². The fourth-order valence-corrected chi connectivity index (χ4v) is 4.54. The van der Waals surface area contributed by atoms with Crippen molar-refractivity contribution in [1.29, 1.82) is 0 Å². The third-order valence-electron chi connectivity index (χ3n) is 5.25. The zero-order valence-electron chi connectivity index (χ0n) is 15.6. The van der Waals surface area contributed by atoms with Gasteiger partial charge in [0.05, 0.1) is 16.6 Å². The first kappa shape index (κ1) is 18.3. The third-order valence-corrected chi connectivity index (χ3v) is 5.86. The SMILES string of the molecule is CC(C)(C)OC(=O)N1[C@@H]2CC[C@H]1[C@H](NC(=O)c1ccc3occ(Br)c3c1)C2. The first-order chi connectivity index (χ1) is 12.7. The molecule has 3 atom stereocenters. The van der Waals surface area contributed by atoms with Crippen molar-refractivity contribution in [2.24, 2.45) is 0 Å². The lowest BCUT2D eigenvalue weighted by atomic mass is 9.95. The summed E-state index contributed by atoms with van der Waals surface area (Å²) in [5, 5.41) is 3.98. The Balaban J connectivity index is 1.47. The summed E-state index contributed by atoms with van der Waals surface area (Å²) in [6.45, 7) is 5.60. The van der Waals surface area contributed by atoms with E-state index in [1.165, 1.54) is 0 Å². The number of ether oxygens (including phenoxy) is 1. The van der Waals surface area contributed by atoms with Gasteiger partial charge in [0.1, 0.15) is 17.4 Å². The van der Waals surface area contributed by atoms with E-state index in [1.54, 1.807) is 18.4 Å². The minimum Gasteiger partial charge on any atom is -0.463 e. The van der Waals surface area contributed by atoms with Gasteiger partial charge in [-0.1, -0.05) is 0 Å². The Hall–Kier alpha value is -2.02. The zero-order valence-corrected chi connectivity index (χ0v) is 17.2. The van der Waals surface area contributed by atoms with E-state index in [1.807, 2.05) is 31.7 Å². The molecule has 7 heteroatoms. The number of hydrogen-bond donors (Lipinski definition) is 1. The summed E-state index contributed by atoms with van der Waals surface area (Å²) in [5.41, 5.74) is 0.788. The fraction of sp³-hybridized carbons (Fsp3) is 0.500. The topological polar surface area (TPSA) is 71.8 Å². The van der Waals surface area contributed by atoms with Gasteiger partial charge in [-0.05, 0) is 74.2 Å². The largest absolute Gasteiger partial charge is 0.463 e. The van der Waals surface area contributed by atoms with Crippen LogP contribution in [-0.2, 0) is 4.74 Å². The Morgan fingerprint density at radius 2 is 2.07 bits per heavy atom. The molecule has 0 radical (unpaired) electrons. The van der Waals surface area contributed by atoms with Gasteiger partial charge >= 0.3 is 6.09 Å². The van der Waals surface area contributed by atoms with Gasteiger partial charge in [0.15, 0.2) is 0 Å². The molecule has 0 unspecified atom stereocenters. The van der Waals surface area contributed by atoms with E-state index in [0.29, 0.717) is 5.56 Å². The highest BCUT2D eigenvalue weighted by molar-refractivity contribution is 9.10. The first-order valence-corrected chi connectivity index (χ1v) is 10.0. The van der Waals surface area contributed by atoms with E-state index in [0.717, 1.165) is 34.7 Å². The van der Waals surface area contributed by atoms with Crippen molar-refractivity contribution in [3.63, 3.8) is 0 Å². The summed E-state index contributed by atoms with van der Waals surface area (Å²) in [4.78, 5) is 27.1. The van der Waals surface area contributed by atoms with E-state index in [-0.39, 0.29) is 30.1 Å². The summed E-state index contributed by atoms with van der Waals surface area (Å²) in [6.07, 6.45) is 3.95. The molecule has 2 aliphatic heterocycles. The third kappa shape index (κ3) is 3.45. The van der Waals surface area contributed by atoms with Crippen molar-refractivity contribution in [2.45, 2.75) is 63.8 Å². The predicted octanol–water partition coefficient (Wildman–Crippen LogP) is 4.47. The maximum absolute atomic E-state index is 12.8. The number of amides is 2. The number of fused-ring (bicyclic) bond motifs is 3. The van der Waals surface area contributed by atoms with Gasteiger partial charge in [0, 0.05) is 17.0 Å². The van der Waals surface area contributed by atoms with Crippen LogP contribution in [0.1, 0.15) is 50.4 Å². The van der Waals surface area contributed by atoms with Gasteiger partial charge in [0.25, 0.3) is 5.91 Å². The normalized spacial score (nSPS) is 24.4. The molecule has 144 valence electrons. The van der Waals surface area contributed by atoms with Crippen LogP contribution in [0.5, 0.6) is 0 Å². The smallest absolute Gasteiger partial charge is 0.410 e. The average Bonchev–Trinajstić information content (AvgIpc) is 3.26. The summed E-state index contributed by atoms with van der Waals surface area (Å²) >= 11 is 3.43. The molecule has 27 heavy (non-hydrogen) atoms. The lowest BCUT2D eigenvalue weighted by Crippen LogP contribution is -2.46. The molecule has 0 aliphatic carbocycles. The van der Waals surface area contributed by atoms with Crippen LogP contribution < -0.4 is 5.32 Å². The molecular formula is C20H23BrN2O4. The van der Waals surface area contributed by atoms with Crippen molar-refractivity contribution in [1.82, 2.24) is 10.2 Å². The Bertz CT molecular complexity index is 901. The molecule has 1 aromatic heterocycles. The molecule has 2 fully saturated rings. The maximum Gasteiger partial charge on any atom is 0.410 e. The van der Waals surface area contributed by atoms with Gasteiger partial charge in [-0.2, -0.15) is 0 Å². The minimum absolute atomic E-state index is 0.00167. The van der Waals surface area contributed by atoms with E-state index >= 15 is 0 Å². The monoisotopic (exact) mass is 434 g/mol. The van der Waals surface area contributed by atoms with Crippen LogP contribution in [0, 0.1) is 0 Å². The Kier molecular flexibility index (Phi) is 4.45. The lowest BCUT2D eigenvalue weighted by Gasteiger charge is -2.28. The second kappa shape index (κ2) is 6.55. The molecule has 4 rings (SSSR count). The van der Waals surface area contributed by atoms with Gasteiger partial charge in [0.2, 0.25) is 0 Å². The lowest BCUT2D eigenvalue weighted by molar-refractivity contribution is 0.0209. The second-order valence-corrected chi connectivity index (χ2v) is 9.15. The van der Waals surface area contributed by atoms with E-state index < -0.39 is 5.60 Å². The number of carbonyl (C=O) groups excluding carboxylic acids is 2. The molecule has 6 nitrogen and oxygen atoms in total. The second-order valence-electron chi connectivity index (χ2n) is 8.30. The van der Waals surface area contributed by atoms with Crippen molar-refractivity contribution in [2.75, 3.05) is 0 Å². The summed E-state index contributed by atoms with van der Waals surface area (Å²) in [6, 6.07) is 5.46. The highest BCUT2D eigenvalue weighted by atomic mass is 79.9. The van der Waals surface area contributed by atoms with Gasteiger partial charge in [-0.15, -0.1) is 0 Å². The highest BCUT2D eigenvalue weighted by Gasteiger charge is 2.50. The summed E-state index contributed by atoms with van der Waals surface area (Å²) < 4.78 is 11.8. The molecule has 0 saturated carbocycles.